The van der Waals surface area contributed by atoms with Crippen LogP contribution in [0, 0.1) is 5.92 Å². The van der Waals surface area contributed by atoms with Gasteiger partial charge in [-0.25, -0.2) is 4.98 Å². The lowest BCUT2D eigenvalue weighted by Crippen LogP contribution is -2.37. The van der Waals surface area contributed by atoms with Crippen molar-refractivity contribution in [2.45, 2.75) is 51.6 Å². The molecule has 5 nitrogen and oxygen atoms in total. The molecule has 2 atom stereocenters. The van der Waals surface area contributed by atoms with Crippen LogP contribution in [0.25, 0.3) is 0 Å². The van der Waals surface area contributed by atoms with Crippen LogP contribution in [-0.4, -0.2) is 58.5 Å². The number of nitrogens with zero attached hydrogens (tertiary/aromatic N) is 3. The second kappa shape index (κ2) is 7.84. The van der Waals surface area contributed by atoms with E-state index in [1.54, 1.807) is 4.57 Å². The molecule has 1 aromatic heterocycles. The number of aryl methyl sites for hydroxylation is 1. The van der Waals surface area contributed by atoms with Gasteiger partial charge < -0.3 is 19.3 Å². The van der Waals surface area contributed by atoms with Gasteiger partial charge >= 0.3 is 6.18 Å². The first kappa shape index (κ1) is 19.2. The summed E-state index contributed by atoms with van der Waals surface area (Å²) in [5.41, 5.74) is -0.812. The highest BCUT2D eigenvalue weighted by atomic mass is 19.4. The molecule has 0 saturated carbocycles. The first-order valence-corrected chi connectivity index (χ1v) is 8.26. The zero-order valence-corrected chi connectivity index (χ0v) is 14.4. The average Bonchev–Trinajstić information content (AvgIpc) is 2.88. The molecule has 0 saturated heterocycles. The summed E-state index contributed by atoms with van der Waals surface area (Å²) in [6.45, 7) is 5.84. The van der Waals surface area contributed by atoms with Crippen LogP contribution in [0.2, 0.25) is 0 Å². The number of hydrogen-bond acceptors (Lipinski definition) is 4. The number of aromatic nitrogens is 2. The molecule has 1 N–H and O–H groups in total. The lowest BCUT2D eigenvalue weighted by molar-refractivity contribution is -0.141. The predicted octanol–water partition coefficient (Wildman–Crippen LogP) is 2.18. The number of aliphatic hydroxyl groups excluding tert-OH is 1. The maximum Gasteiger partial charge on any atom is 0.434 e. The molecule has 24 heavy (non-hydrogen) atoms. The molecule has 2 heterocycles. The molecule has 1 aromatic rings. The van der Waals surface area contributed by atoms with Crippen molar-refractivity contribution in [3.8, 4) is 0 Å². The van der Waals surface area contributed by atoms with Gasteiger partial charge in [0.2, 0.25) is 0 Å². The van der Waals surface area contributed by atoms with Gasteiger partial charge in [-0.2, -0.15) is 13.2 Å². The Bertz CT molecular complexity index is 531. The van der Waals surface area contributed by atoms with Gasteiger partial charge in [0.05, 0.1) is 18.8 Å². The number of alkyl halides is 3. The van der Waals surface area contributed by atoms with E-state index < -0.39 is 18.0 Å². The third-order valence-electron chi connectivity index (χ3n) is 4.09. The molecule has 0 aliphatic carbocycles. The van der Waals surface area contributed by atoms with E-state index in [0.29, 0.717) is 25.3 Å². The Hall–Kier alpha value is -1.12. The van der Waals surface area contributed by atoms with E-state index in [-0.39, 0.29) is 18.6 Å². The Morgan fingerprint density at radius 3 is 2.79 bits per heavy atom. The molecular weight excluding hydrogens is 323 g/mol. The number of fused-ring (bicyclic) bond motifs is 1. The smallest absolute Gasteiger partial charge is 0.389 e. The number of halogens is 3. The molecular formula is C16H26F3N3O2. The van der Waals surface area contributed by atoms with Crippen LogP contribution in [-0.2, 0) is 23.9 Å². The summed E-state index contributed by atoms with van der Waals surface area (Å²) in [4.78, 5) is 5.70. The fourth-order valence-electron chi connectivity index (χ4n) is 3.03. The van der Waals surface area contributed by atoms with Crippen molar-refractivity contribution in [1.82, 2.24) is 14.5 Å². The molecule has 8 heteroatoms. The van der Waals surface area contributed by atoms with Crippen LogP contribution in [0.4, 0.5) is 13.2 Å². The Morgan fingerprint density at radius 1 is 1.46 bits per heavy atom. The monoisotopic (exact) mass is 349 g/mol. The van der Waals surface area contributed by atoms with Crippen molar-refractivity contribution in [3.05, 3.63) is 17.7 Å². The van der Waals surface area contributed by atoms with Crippen LogP contribution < -0.4 is 0 Å². The fourth-order valence-corrected chi connectivity index (χ4v) is 3.03. The van der Waals surface area contributed by atoms with Crippen LogP contribution in [0.1, 0.15) is 31.8 Å². The molecule has 0 spiro atoms. The van der Waals surface area contributed by atoms with Gasteiger partial charge in [0.1, 0.15) is 5.82 Å². The summed E-state index contributed by atoms with van der Waals surface area (Å²) in [7, 11) is 1.91. The number of rotatable bonds is 7. The van der Waals surface area contributed by atoms with E-state index in [4.69, 9.17) is 4.74 Å². The summed E-state index contributed by atoms with van der Waals surface area (Å²) in [6, 6.07) is 0. The Morgan fingerprint density at radius 2 is 2.17 bits per heavy atom. The SMILES string of the molecule is CC(C)OCC(O)CN(C)CC1CCc2nc(C(F)(F)F)cn2C1. The number of hydrogen-bond donors (Lipinski definition) is 1. The van der Waals surface area contributed by atoms with Crippen molar-refractivity contribution in [1.29, 1.82) is 0 Å². The molecule has 0 radical (unpaired) electrons. The number of aliphatic hydroxyl groups is 1. The Labute approximate surface area is 140 Å². The second-order valence-electron chi connectivity index (χ2n) is 6.85. The third kappa shape index (κ3) is 5.46. The van der Waals surface area contributed by atoms with E-state index in [1.165, 1.54) is 0 Å². The van der Waals surface area contributed by atoms with Crippen molar-refractivity contribution in [3.63, 3.8) is 0 Å². The highest BCUT2D eigenvalue weighted by molar-refractivity contribution is 5.09. The first-order chi connectivity index (χ1) is 11.1. The normalized spacial score (nSPS) is 19.8. The maximum atomic E-state index is 12.7. The van der Waals surface area contributed by atoms with Gasteiger partial charge in [0.15, 0.2) is 5.69 Å². The minimum atomic E-state index is -4.39. The summed E-state index contributed by atoms with van der Waals surface area (Å²) in [5, 5.41) is 9.94. The summed E-state index contributed by atoms with van der Waals surface area (Å²) < 4.78 is 45.2. The minimum absolute atomic E-state index is 0.0748. The fraction of sp³-hybridized carbons (Fsp3) is 0.812. The van der Waals surface area contributed by atoms with Crippen LogP contribution >= 0.6 is 0 Å². The Balaban J connectivity index is 1.83. The highest BCUT2D eigenvalue weighted by Crippen LogP contribution is 2.30. The maximum absolute atomic E-state index is 12.7. The van der Waals surface area contributed by atoms with E-state index in [0.717, 1.165) is 19.2 Å². The van der Waals surface area contributed by atoms with Crippen LogP contribution in [0.5, 0.6) is 0 Å². The van der Waals surface area contributed by atoms with E-state index in [1.807, 2.05) is 25.8 Å². The summed E-state index contributed by atoms with van der Waals surface area (Å²) >= 11 is 0. The predicted molar refractivity (Wildman–Crippen MR) is 83.6 cm³/mol. The van der Waals surface area contributed by atoms with Crippen molar-refractivity contribution >= 4 is 0 Å². The standard InChI is InChI=1S/C16H26F3N3O2/c1-11(2)24-10-13(23)8-21(3)6-12-4-5-15-20-14(16(17,18)19)9-22(15)7-12/h9,11-13,23H,4-8,10H2,1-3H3. The minimum Gasteiger partial charge on any atom is -0.389 e. The molecule has 1 aliphatic heterocycles. The topological polar surface area (TPSA) is 50.5 Å². The molecule has 1 aliphatic rings. The molecule has 2 unspecified atom stereocenters. The third-order valence-corrected chi connectivity index (χ3v) is 4.09. The lowest BCUT2D eigenvalue weighted by atomic mass is 9.99. The van der Waals surface area contributed by atoms with Crippen molar-refractivity contribution < 1.29 is 23.0 Å². The van der Waals surface area contributed by atoms with Crippen molar-refractivity contribution in [2.75, 3.05) is 26.7 Å². The van der Waals surface area contributed by atoms with Crippen LogP contribution in [0.3, 0.4) is 0 Å². The van der Waals surface area contributed by atoms with Gasteiger partial charge in [0, 0.05) is 32.3 Å². The van der Waals surface area contributed by atoms with Crippen molar-refractivity contribution in [2.24, 2.45) is 5.92 Å². The largest absolute Gasteiger partial charge is 0.434 e. The van der Waals surface area contributed by atoms with E-state index in [9.17, 15) is 18.3 Å². The van der Waals surface area contributed by atoms with Gasteiger partial charge in [-0.1, -0.05) is 0 Å². The molecule has 138 valence electrons. The molecule has 0 amide bonds. The second-order valence-corrected chi connectivity index (χ2v) is 6.85. The molecule has 0 bridgehead atoms. The quantitative estimate of drug-likeness (QED) is 0.820. The van der Waals surface area contributed by atoms with Gasteiger partial charge in [-0.3, -0.25) is 0 Å². The highest BCUT2D eigenvalue weighted by Gasteiger charge is 2.35. The zero-order chi connectivity index (χ0) is 17.9. The summed E-state index contributed by atoms with van der Waals surface area (Å²) in [6.07, 6.45) is -2.43. The van der Waals surface area contributed by atoms with Crippen LogP contribution in [0.15, 0.2) is 6.20 Å². The molecule has 2 rings (SSSR count). The number of ether oxygens (including phenoxy) is 1. The van der Waals surface area contributed by atoms with Gasteiger partial charge in [-0.05, 0) is 33.2 Å². The number of imidazole rings is 1. The molecule has 0 aromatic carbocycles. The lowest BCUT2D eigenvalue weighted by Gasteiger charge is -2.29. The zero-order valence-electron chi connectivity index (χ0n) is 14.4. The van der Waals surface area contributed by atoms with Gasteiger partial charge in [-0.15, -0.1) is 0 Å². The summed E-state index contributed by atoms with van der Waals surface area (Å²) in [5.74, 6) is 0.752. The average molecular weight is 349 g/mol. The Kier molecular flexibility index (Phi) is 6.28. The number of likely N-dealkylation sites (N-methyl/N-ethyl adjacent to an activating group) is 1. The van der Waals surface area contributed by atoms with E-state index in [2.05, 4.69) is 4.98 Å². The van der Waals surface area contributed by atoms with Gasteiger partial charge in [0.25, 0.3) is 0 Å². The first-order valence-electron chi connectivity index (χ1n) is 8.26. The molecule has 0 fully saturated rings. The van der Waals surface area contributed by atoms with E-state index >= 15 is 0 Å².